The number of aliphatic imine (C=N–C) groups is 1. The lowest BCUT2D eigenvalue weighted by molar-refractivity contribution is -0.147. The highest BCUT2D eigenvalue weighted by atomic mass is 16.6. The molecule has 50 heavy (non-hydrogen) atoms. The van der Waals surface area contributed by atoms with Gasteiger partial charge in [-0.2, -0.15) is 0 Å². The maximum Gasteiger partial charge on any atom is 0.410 e. The highest BCUT2D eigenvalue weighted by molar-refractivity contribution is 5.95. The molecule has 2 unspecified atom stereocenters. The van der Waals surface area contributed by atoms with E-state index in [2.05, 4.69) is 10.3 Å². The Morgan fingerprint density at radius 1 is 0.980 bits per heavy atom. The molecule has 5 N–H and O–H groups in total. The molecule has 0 aromatic heterocycles. The number of nitrogens with two attached hydrogens (primary N) is 2. The Labute approximate surface area is 293 Å². The summed E-state index contributed by atoms with van der Waals surface area (Å²) >= 11 is 0. The van der Waals surface area contributed by atoms with Crippen LogP contribution < -0.4 is 16.8 Å². The summed E-state index contributed by atoms with van der Waals surface area (Å²) in [5, 5.41) is 2.86. The molecule has 1 heterocycles. The number of Topliss-reactive ketones (excluding diaryl/α,β-unsaturated/α-hetero) is 1. The number of amides is 3. The largest absolute Gasteiger partial charge is 0.452 e. The molecule has 0 spiro atoms. The van der Waals surface area contributed by atoms with Crippen molar-refractivity contribution in [3.63, 3.8) is 0 Å². The predicted molar refractivity (Wildman–Crippen MR) is 187 cm³/mol. The molecule has 13 nitrogen and oxygen atoms in total. The summed E-state index contributed by atoms with van der Waals surface area (Å²) in [5.41, 5.74) is 12.3. The summed E-state index contributed by atoms with van der Waals surface area (Å²) in [5.74, 6) is -1.19. The Hall–Kier alpha value is -4.94. The van der Waals surface area contributed by atoms with Gasteiger partial charge >= 0.3 is 6.09 Å². The summed E-state index contributed by atoms with van der Waals surface area (Å²) in [7, 11) is 1.68. The fourth-order valence-corrected chi connectivity index (χ4v) is 6.96. The number of carbonyl (C=O) groups excluding carboxylic acids is 5. The van der Waals surface area contributed by atoms with E-state index in [1.165, 1.54) is 0 Å². The predicted octanol–water partition coefficient (Wildman–Crippen LogP) is 3.61. The summed E-state index contributed by atoms with van der Waals surface area (Å²) in [6.07, 6.45) is 4.82. The van der Waals surface area contributed by atoms with Crippen molar-refractivity contribution in [3.8, 4) is 0 Å². The van der Waals surface area contributed by atoms with Crippen LogP contribution in [0.3, 0.4) is 0 Å². The van der Waals surface area contributed by atoms with Gasteiger partial charge in [-0.3, -0.25) is 24.2 Å². The van der Waals surface area contributed by atoms with E-state index >= 15 is 0 Å². The Bertz CT molecular complexity index is 1450. The molecule has 0 bridgehead atoms. The van der Waals surface area contributed by atoms with Crippen LogP contribution in [-0.4, -0.2) is 84.2 Å². The zero-order chi connectivity index (χ0) is 35.9. The summed E-state index contributed by atoms with van der Waals surface area (Å²) in [6.45, 7) is 0.936. The minimum Gasteiger partial charge on any atom is -0.452 e. The first-order valence-electron chi connectivity index (χ1n) is 17.5. The number of rotatable bonds is 17. The lowest BCUT2D eigenvalue weighted by atomic mass is 9.82. The average Bonchev–Trinajstić information content (AvgIpc) is 3.64. The van der Waals surface area contributed by atoms with Crippen LogP contribution in [0.4, 0.5) is 4.79 Å². The van der Waals surface area contributed by atoms with Gasteiger partial charge in [0.05, 0.1) is 6.04 Å². The van der Waals surface area contributed by atoms with Crippen LogP contribution in [0.25, 0.3) is 0 Å². The highest BCUT2D eigenvalue weighted by Gasteiger charge is 2.40. The molecule has 2 aliphatic rings. The molecule has 1 aliphatic heterocycles. The van der Waals surface area contributed by atoms with Crippen molar-refractivity contribution < 1.29 is 33.4 Å². The van der Waals surface area contributed by atoms with Gasteiger partial charge in [-0.25, -0.2) is 4.79 Å². The normalized spacial score (nSPS) is 17.9. The number of hydrogen-bond donors (Lipinski definition) is 3. The van der Waals surface area contributed by atoms with Gasteiger partial charge in [-0.1, -0.05) is 79.9 Å². The summed E-state index contributed by atoms with van der Waals surface area (Å²) in [6, 6.07) is 15.7. The Kier molecular flexibility index (Phi) is 14.6. The van der Waals surface area contributed by atoms with Crippen molar-refractivity contribution in [2.24, 2.45) is 22.4 Å². The minimum atomic E-state index is -1.24. The maximum atomic E-state index is 14.0. The van der Waals surface area contributed by atoms with Crippen LogP contribution in [0.5, 0.6) is 0 Å². The molecule has 1 aliphatic carbocycles. The molecular formula is C37H50N6O7. The molecule has 2 aromatic rings. The van der Waals surface area contributed by atoms with E-state index in [9.17, 15) is 24.0 Å². The molecule has 4 rings (SSSR count). The average molecular weight is 691 g/mol. The first kappa shape index (κ1) is 37.9. The first-order valence-corrected chi connectivity index (χ1v) is 17.5. The van der Waals surface area contributed by atoms with E-state index in [0.29, 0.717) is 31.4 Å². The third-order valence-electron chi connectivity index (χ3n) is 9.60. The number of ether oxygens (including phenoxy) is 2. The van der Waals surface area contributed by atoms with Crippen molar-refractivity contribution in [2.45, 2.75) is 95.0 Å². The van der Waals surface area contributed by atoms with Gasteiger partial charge in [0.15, 0.2) is 17.8 Å². The zero-order valence-corrected chi connectivity index (χ0v) is 28.8. The van der Waals surface area contributed by atoms with Gasteiger partial charge in [0.2, 0.25) is 11.8 Å². The summed E-state index contributed by atoms with van der Waals surface area (Å²) < 4.78 is 10.8. The number of ketones is 1. The van der Waals surface area contributed by atoms with E-state index < -0.39 is 42.0 Å². The van der Waals surface area contributed by atoms with E-state index in [1.54, 1.807) is 47.2 Å². The number of nitrogens with zero attached hydrogens (tertiary/aromatic N) is 3. The molecule has 1 saturated heterocycles. The van der Waals surface area contributed by atoms with Gasteiger partial charge in [0.1, 0.15) is 12.6 Å². The molecular weight excluding hydrogens is 640 g/mol. The van der Waals surface area contributed by atoms with Gasteiger partial charge < -0.3 is 36.1 Å². The first-order chi connectivity index (χ1) is 24.2. The molecule has 2 fully saturated rings. The van der Waals surface area contributed by atoms with Gasteiger partial charge in [0.25, 0.3) is 6.47 Å². The van der Waals surface area contributed by atoms with Crippen LogP contribution in [0.15, 0.2) is 65.7 Å². The quantitative estimate of drug-likeness (QED) is 0.0965. The van der Waals surface area contributed by atoms with Crippen molar-refractivity contribution >= 4 is 36.1 Å². The smallest absolute Gasteiger partial charge is 0.410 e. The van der Waals surface area contributed by atoms with Gasteiger partial charge in [-0.15, -0.1) is 0 Å². The fourth-order valence-electron chi connectivity index (χ4n) is 6.96. The van der Waals surface area contributed by atoms with Crippen molar-refractivity contribution in [3.05, 3.63) is 71.8 Å². The lowest BCUT2D eigenvalue weighted by Gasteiger charge is -2.37. The van der Waals surface area contributed by atoms with Crippen LogP contribution in [0, 0.1) is 5.92 Å². The Balaban J connectivity index is 1.47. The second-order valence-corrected chi connectivity index (χ2v) is 13.0. The monoisotopic (exact) mass is 690 g/mol. The number of carbonyl (C=O) groups is 5. The second kappa shape index (κ2) is 19.3. The van der Waals surface area contributed by atoms with Gasteiger partial charge in [0, 0.05) is 38.2 Å². The highest BCUT2D eigenvalue weighted by Crippen LogP contribution is 2.32. The molecule has 3 amide bonds. The van der Waals surface area contributed by atoms with Crippen LogP contribution in [0.1, 0.15) is 81.4 Å². The van der Waals surface area contributed by atoms with Crippen molar-refractivity contribution in [1.29, 1.82) is 0 Å². The second-order valence-electron chi connectivity index (χ2n) is 13.0. The van der Waals surface area contributed by atoms with Crippen molar-refractivity contribution in [1.82, 2.24) is 15.1 Å². The maximum absolute atomic E-state index is 14.0. The number of likely N-dealkylation sites (tertiary alicyclic amines) is 1. The van der Waals surface area contributed by atoms with E-state index in [1.807, 2.05) is 30.3 Å². The minimum absolute atomic E-state index is 0.0511. The number of guanidine groups is 1. The third kappa shape index (κ3) is 10.8. The topological polar surface area (TPSA) is 187 Å². The zero-order valence-electron chi connectivity index (χ0n) is 28.8. The standard InChI is InChI=1S/C37H50N6O7/c1-42(37(48)49-24-26-13-5-2-6-14-26)31(27-15-7-3-8-16-27)23-32(45)43-22-12-20-30(43)35(47)41-29(19-11-21-40-36(38)39)33(46)34(50-25-44)28-17-9-4-10-18-28/h2,4-6,9-10,13-14,17-18,25,27,29-31,34H,3,7-8,11-12,15-16,19-24H2,1H3,(H,41,47)(H4,38,39,40)/t29-,30-,31?,34?/m0/s1. The SMILES string of the molecule is CN(C(=O)OCc1ccccc1)C(CC(=O)N1CCC[C@H]1C(=O)N[C@@H](CCCN=C(N)N)C(=O)C(OC=O)c1ccccc1)C1CCCCC1. The lowest BCUT2D eigenvalue weighted by Crippen LogP contribution is -2.53. The molecule has 0 radical (unpaired) electrons. The van der Waals surface area contributed by atoms with Gasteiger partial charge in [-0.05, 0) is 50.0 Å². The molecule has 13 heteroatoms. The fraction of sp³-hybridized carbons (Fsp3) is 0.514. The summed E-state index contributed by atoms with van der Waals surface area (Å²) in [4.78, 5) is 73.4. The molecule has 2 aromatic carbocycles. The number of nitrogens with one attached hydrogen (secondary N) is 1. The van der Waals surface area contributed by atoms with Crippen molar-refractivity contribution in [2.75, 3.05) is 20.1 Å². The Morgan fingerprint density at radius 3 is 2.32 bits per heavy atom. The number of benzene rings is 2. The molecule has 1 saturated carbocycles. The van der Waals surface area contributed by atoms with Crippen LogP contribution >= 0.6 is 0 Å². The molecule has 270 valence electrons. The van der Waals surface area contributed by atoms with E-state index in [0.717, 1.165) is 37.7 Å². The van der Waals surface area contributed by atoms with E-state index in [4.69, 9.17) is 20.9 Å². The third-order valence-corrected chi connectivity index (χ3v) is 9.60. The Morgan fingerprint density at radius 2 is 1.66 bits per heavy atom. The molecule has 4 atom stereocenters. The van der Waals surface area contributed by atoms with Crippen LogP contribution in [-0.2, 0) is 35.3 Å². The number of hydrogen-bond acceptors (Lipinski definition) is 8. The van der Waals surface area contributed by atoms with E-state index in [-0.39, 0.29) is 50.3 Å². The van der Waals surface area contributed by atoms with Crippen LogP contribution in [0.2, 0.25) is 0 Å².